The maximum Gasteiger partial charge on any atom is 0.155 e. The van der Waals surface area contributed by atoms with Crippen molar-refractivity contribution in [1.29, 1.82) is 0 Å². The van der Waals surface area contributed by atoms with Crippen LogP contribution in [0.15, 0.2) is 54.4 Å². The Balaban J connectivity index is 1.25. The summed E-state index contributed by atoms with van der Waals surface area (Å²) in [5, 5.41) is 4.44. The van der Waals surface area contributed by atoms with E-state index in [1.807, 2.05) is 35.1 Å². The number of piperidine rings is 1. The number of rotatable bonds is 3. The van der Waals surface area contributed by atoms with Crippen LogP contribution in [0.2, 0.25) is 0 Å². The molecule has 4 heterocycles. The molecule has 5 heteroatoms. The number of aromatic nitrogens is 3. The molecule has 0 radical (unpaired) electrons. The third-order valence-corrected chi connectivity index (χ3v) is 5.44. The van der Waals surface area contributed by atoms with E-state index in [1.54, 1.807) is 0 Å². The van der Waals surface area contributed by atoms with Crippen molar-refractivity contribution in [2.45, 2.75) is 18.8 Å². The largest absolute Gasteiger partial charge is 0.489 e. The van der Waals surface area contributed by atoms with Gasteiger partial charge in [-0.2, -0.15) is 5.10 Å². The summed E-state index contributed by atoms with van der Waals surface area (Å²) in [6.07, 6.45) is 8.34. The molecule has 26 heavy (non-hydrogen) atoms. The fraction of sp³-hybridized carbons (Fsp3) is 0.333. The third kappa shape index (κ3) is 2.88. The predicted molar refractivity (Wildman–Crippen MR) is 101 cm³/mol. The Morgan fingerprint density at radius 3 is 2.85 bits per heavy atom. The molecule has 2 aliphatic rings. The van der Waals surface area contributed by atoms with Gasteiger partial charge in [0, 0.05) is 36.0 Å². The van der Waals surface area contributed by atoms with Crippen molar-refractivity contribution in [3.05, 3.63) is 65.6 Å². The van der Waals surface area contributed by atoms with E-state index in [-0.39, 0.29) is 0 Å². The molecule has 1 fully saturated rings. The van der Waals surface area contributed by atoms with E-state index in [0.29, 0.717) is 12.5 Å². The first-order valence-corrected chi connectivity index (χ1v) is 9.29. The molecule has 0 amide bonds. The molecule has 1 aromatic carbocycles. The van der Waals surface area contributed by atoms with Gasteiger partial charge in [-0.1, -0.05) is 18.2 Å². The average molecular weight is 346 g/mol. The smallest absolute Gasteiger partial charge is 0.155 e. The van der Waals surface area contributed by atoms with E-state index >= 15 is 0 Å². The molecule has 2 aromatic heterocycles. The van der Waals surface area contributed by atoms with Crippen molar-refractivity contribution in [2.75, 3.05) is 26.2 Å². The van der Waals surface area contributed by atoms with Gasteiger partial charge in [0.2, 0.25) is 0 Å². The molecule has 1 saturated heterocycles. The molecule has 0 aliphatic carbocycles. The van der Waals surface area contributed by atoms with E-state index in [2.05, 4.69) is 39.3 Å². The third-order valence-electron chi connectivity index (χ3n) is 5.44. The van der Waals surface area contributed by atoms with Crippen LogP contribution in [0.1, 0.15) is 30.0 Å². The number of ether oxygens (including phenoxy) is 1. The number of para-hydroxylation sites is 1. The Kier molecular flexibility index (Phi) is 3.94. The van der Waals surface area contributed by atoms with Crippen LogP contribution in [0.5, 0.6) is 5.75 Å². The summed E-state index contributed by atoms with van der Waals surface area (Å²) in [7, 11) is 0. The van der Waals surface area contributed by atoms with Gasteiger partial charge in [0.15, 0.2) is 5.65 Å². The van der Waals surface area contributed by atoms with Crippen molar-refractivity contribution in [3.63, 3.8) is 0 Å². The zero-order valence-electron chi connectivity index (χ0n) is 14.7. The summed E-state index contributed by atoms with van der Waals surface area (Å²) in [5.74, 6) is 1.55. The lowest BCUT2D eigenvalue weighted by atomic mass is 9.93. The highest BCUT2D eigenvalue weighted by molar-refractivity contribution is 5.62. The van der Waals surface area contributed by atoms with E-state index in [9.17, 15) is 0 Å². The van der Waals surface area contributed by atoms with Gasteiger partial charge in [-0.25, -0.2) is 9.50 Å². The minimum atomic E-state index is 0.550. The standard InChI is InChI=1S/C21H22N4O/c1-2-4-20-18(3-1)13-16(15-26-20)14-24-11-7-17(8-12-24)19-5-9-22-21-6-10-23-25(19)21/h1-6,9-10,13,17H,7-8,11-12,14-15H2. The minimum Gasteiger partial charge on any atom is -0.489 e. The predicted octanol–water partition coefficient (Wildman–Crippen LogP) is 3.38. The Labute approximate surface area is 152 Å². The maximum atomic E-state index is 5.89. The van der Waals surface area contributed by atoms with Crippen molar-refractivity contribution < 1.29 is 4.74 Å². The average Bonchev–Trinajstić information content (AvgIpc) is 3.17. The molecule has 132 valence electrons. The normalized spacial score (nSPS) is 18.4. The fourth-order valence-electron chi connectivity index (χ4n) is 4.09. The van der Waals surface area contributed by atoms with Gasteiger partial charge in [0.05, 0.1) is 6.20 Å². The summed E-state index contributed by atoms with van der Waals surface area (Å²) in [5.41, 5.74) is 4.78. The number of hydrogen-bond donors (Lipinski definition) is 0. The van der Waals surface area contributed by atoms with Crippen LogP contribution >= 0.6 is 0 Å². The van der Waals surface area contributed by atoms with E-state index in [4.69, 9.17) is 4.74 Å². The van der Waals surface area contributed by atoms with Gasteiger partial charge in [0.1, 0.15) is 12.4 Å². The second kappa shape index (κ2) is 6.57. The summed E-state index contributed by atoms with van der Waals surface area (Å²) in [6.45, 7) is 3.91. The van der Waals surface area contributed by atoms with Crippen LogP contribution < -0.4 is 4.74 Å². The van der Waals surface area contributed by atoms with Crippen molar-refractivity contribution >= 4 is 11.7 Å². The molecule has 0 unspecified atom stereocenters. The van der Waals surface area contributed by atoms with Crippen LogP contribution in [0.3, 0.4) is 0 Å². The SMILES string of the molecule is C1=C(CN2CCC(c3ccnc4ccnn34)CC2)COc2ccccc21. The molecule has 2 aliphatic heterocycles. The Bertz CT molecular complexity index is 953. The van der Waals surface area contributed by atoms with Crippen LogP contribution in [-0.4, -0.2) is 45.7 Å². The number of likely N-dealkylation sites (tertiary alicyclic amines) is 1. The second-order valence-electron chi connectivity index (χ2n) is 7.15. The lowest BCUT2D eigenvalue weighted by Crippen LogP contribution is -2.36. The molecule has 0 saturated carbocycles. The van der Waals surface area contributed by atoms with Crippen molar-refractivity contribution in [1.82, 2.24) is 19.5 Å². The number of hydrogen-bond acceptors (Lipinski definition) is 4. The van der Waals surface area contributed by atoms with Crippen LogP contribution in [-0.2, 0) is 0 Å². The Morgan fingerprint density at radius 1 is 1.04 bits per heavy atom. The number of nitrogens with zero attached hydrogens (tertiary/aromatic N) is 4. The molecule has 3 aromatic rings. The zero-order valence-corrected chi connectivity index (χ0v) is 14.7. The van der Waals surface area contributed by atoms with E-state index in [1.165, 1.54) is 16.8 Å². The van der Waals surface area contributed by atoms with Gasteiger partial charge < -0.3 is 4.74 Å². The topological polar surface area (TPSA) is 42.7 Å². The van der Waals surface area contributed by atoms with E-state index < -0.39 is 0 Å². The summed E-state index contributed by atoms with van der Waals surface area (Å²) < 4.78 is 7.89. The first-order valence-electron chi connectivity index (χ1n) is 9.29. The van der Waals surface area contributed by atoms with Crippen LogP contribution in [0, 0.1) is 0 Å². The molecule has 0 bridgehead atoms. The molecule has 0 atom stereocenters. The number of fused-ring (bicyclic) bond motifs is 2. The van der Waals surface area contributed by atoms with Gasteiger partial charge in [-0.15, -0.1) is 0 Å². The minimum absolute atomic E-state index is 0.550. The summed E-state index contributed by atoms with van der Waals surface area (Å²) in [4.78, 5) is 6.92. The fourth-order valence-corrected chi connectivity index (χ4v) is 4.09. The van der Waals surface area contributed by atoms with Crippen LogP contribution in [0.25, 0.3) is 11.7 Å². The Morgan fingerprint density at radius 2 is 1.92 bits per heavy atom. The molecule has 5 nitrogen and oxygen atoms in total. The molecular formula is C21H22N4O. The molecular weight excluding hydrogens is 324 g/mol. The second-order valence-corrected chi connectivity index (χ2v) is 7.15. The van der Waals surface area contributed by atoms with Crippen molar-refractivity contribution in [3.8, 4) is 5.75 Å². The highest BCUT2D eigenvalue weighted by Crippen LogP contribution is 2.30. The van der Waals surface area contributed by atoms with Crippen molar-refractivity contribution in [2.24, 2.45) is 0 Å². The monoisotopic (exact) mass is 346 g/mol. The maximum absolute atomic E-state index is 5.89. The first kappa shape index (κ1) is 15.6. The zero-order chi connectivity index (χ0) is 17.3. The molecule has 0 N–H and O–H groups in total. The van der Waals surface area contributed by atoms with Gasteiger partial charge in [-0.3, -0.25) is 4.90 Å². The lowest BCUT2D eigenvalue weighted by molar-refractivity contribution is 0.216. The molecule has 5 rings (SSSR count). The van der Waals surface area contributed by atoms with Gasteiger partial charge in [0.25, 0.3) is 0 Å². The summed E-state index contributed by atoms with van der Waals surface area (Å²) >= 11 is 0. The lowest BCUT2D eigenvalue weighted by Gasteiger charge is -2.33. The first-order chi connectivity index (χ1) is 12.9. The highest BCUT2D eigenvalue weighted by Gasteiger charge is 2.24. The Hall–Kier alpha value is -2.66. The molecule has 0 spiro atoms. The van der Waals surface area contributed by atoms with Gasteiger partial charge >= 0.3 is 0 Å². The highest BCUT2D eigenvalue weighted by atomic mass is 16.5. The quantitative estimate of drug-likeness (QED) is 0.729. The summed E-state index contributed by atoms with van der Waals surface area (Å²) in [6, 6.07) is 12.3. The van der Waals surface area contributed by atoms with Gasteiger partial charge in [-0.05, 0) is 49.7 Å². The van der Waals surface area contributed by atoms with Crippen LogP contribution in [0.4, 0.5) is 0 Å². The van der Waals surface area contributed by atoms with E-state index in [0.717, 1.165) is 43.9 Å². The number of benzene rings is 1.